The molecule has 8 heteroatoms. The smallest absolute Gasteiger partial charge is 0.270 e. The Bertz CT molecular complexity index is 1240. The van der Waals surface area contributed by atoms with Crippen LogP contribution < -0.4 is 24.8 Å². The van der Waals surface area contributed by atoms with Crippen LogP contribution >= 0.6 is 0 Å². The maximum atomic E-state index is 13.0. The maximum Gasteiger partial charge on any atom is 0.270 e. The number of anilines is 2. The first-order chi connectivity index (χ1) is 16.0. The Balaban J connectivity index is 1.67. The highest BCUT2D eigenvalue weighted by Crippen LogP contribution is 2.41. The van der Waals surface area contributed by atoms with Gasteiger partial charge in [-0.1, -0.05) is 30.3 Å². The molecule has 0 aliphatic heterocycles. The van der Waals surface area contributed by atoms with E-state index in [-0.39, 0.29) is 17.6 Å². The minimum atomic E-state index is -0.308. The van der Waals surface area contributed by atoms with Gasteiger partial charge >= 0.3 is 0 Å². The Morgan fingerprint density at radius 3 is 2.30 bits per heavy atom. The number of methoxy groups -OCH3 is 3. The Morgan fingerprint density at radius 2 is 1.67 bits per heavy atom. The molecule has 4 aromatic rings. The van der Waals surface area contributed by atoms with Gasteiger partial charge in [0.25, 0.3) is 5.91 Å². The Hall–Kier alpha value is -4.20. The number of hydrogen-bond donors (Lipinski definition) is 2. The summed E-state index contributed by atoms with van der Waals surface area (Å²) in [4.78, 5) is 17.6. The lowest BCUT2D eigenvalue weighted by atomic mass is 10.1. The molecule has 170 valence electrons. The number of pyridine rings is 1. The van der Waals surface area contributed by atoms with Gasteiger partial charge in [-0.15, -0.1) is 0 Å². The first-order valence-corrected chi connectivity index (χ1v) is 10.3. The summed E-state index contributed by atoms with van der Waals surface area (Å²) in [7, 11) is 4.64. The van der Waals surface area contributed by atoms with Gasteiger partial charge < -0.3 is 29.3 Å². The van der Waals surface area contributed by atoms with Crippen LogP contribution in [-0.4, -0.2) is 32.2 Å². The van der Waals surface area contributed by atoms with E-state index < -0.39 is 0 Å². The lowest BCUT2D eigenvalue weighted by Crippen LogP contribution is -2.27. The van der Waals surface area contributed by atoms with Crippen LogP contribution in [0.1, 0.15) is 29.0 Å². The second-order valence-electron chi connectivity index (χ2n) is 7.33. The Morgan fingerprint density at radius 1 is 0.970 bits per heavy atom. The SMILES string of the molecule is COc1cc(Nc2nc(C(=O)NC(C)c3ccccc3)cc3occc23)cc(OC)c1OC. The van der Waals surface area contributed by atoms with Gasteiger partial charge in [-0.25, -0.2) is 4.98 Å². The average Bonchev–Trinajstić information content (AvgIpc) is 3.33. The number of aromatic nitrogens is 1. The molecule has 2 heterocycles. The van der Waals surface area contributed by atoms with E-state index in [1.807, 2.05) is 37.3 Å². The van der Waals surface area contributed by atoms with Crippen LogP contribution in [0.3, 0.4) is 0 Å². The van der Waals surface area contributed by atoms with Crippen LogP contribution in [-0.2, 0) is 0 Å². The van der Waals surface area contributed by atoms with Crippen molar-refractivity contribution in [2.75, 3.05) is 26.6 Å². The van der Waals surface area contributed by atoms with Gasteiger partial charge in [-0.3, -0.25) is 4.79 Å². The van der Waals surface area contributed by atoms with Gasteiger partial charge in [-0.05, 0) is 18.6 Å². The number of carbonyl (C=O) groups is 1. The number of nitrogens with one attached hydrogen (secondary N) is 2. The predicted molar refractivity (Wildman–Crippen MR) is 126 cm³/mol. The topological polar surface area (TPSA) is 94.9 Å². The summed E-state index contributed by atoms with van der Waals surface area (Å²) in [5.41, 5.74) is 2.42. The van der Waals surface area contributed by atoms with Gasteiger partial charge in [0.15, 0.2) is 11.5 Å². The summed E-state index contributed by atoms with van der Waals surface area (Å²) in [5, 5.41) is 6.96. The third-order valence-corrected chi connectivity index (χ3v) is 5.26. The van der Waals surface area contributed by atoms with E-state index in [1.54, 1.807) is 51.9 Å². The van der Waals surface area contributed by atoms with Gasteiger partial charge in [0, 0.05) is 23.9 Å². The van der Waals surface area contributed by atoms with E-state index in [0.717, 1.165) is 10.9 Å². The van der Waals surface area contributed by atoms with Crippen molar-refractivity contribution >= 4 is 28.4 Å². The second-order valence-corrected chi connectivity index (χ2v) is 7.33. The second kappa shape index (κ2) is 9.52. The summed E-state index contributed by atoms with van der Waals surface area (Å²) < 4.78 is 21.8. The zero-order valence-electron chi connectivity index (χ0n) is 18.8. The fourth-order valence-electron chi connectivity index (χ4n) is 3.56. The standard InChI is InChI=1S/C25H25N3O5/c1-15(16-8-6-5-7-9-16)26-25(29)19-14-20-18(10-11-33-20)24(28-19)27-17-12-21(30-2)23(32-4)22(13-17)31-3/h5-15H,1-4H3,(H,26,29)(H,27,28). The molecule has 0 aliphatic rings. The van der Waals surface area contributed by atoms with E-state index in [2.05, 4.69) is 15.6 Å². The summed E-state index contributed by atoms with van der Waals surface area (Å²) in [6.45, 7) is 1.92. The molecule has 2 aromatic carbocycles. The number of nitrogens with zero attached hydrogens (tertiary/aromatic N) is 1. The van der Waals surface area contributed by atoms with Gasteiger partial charge in [0.05, 0.1) is 39.0 Å². The van der Waals surface area contributed by atoms with Crippen LogP contribution in [0, 0.1) is 0 Å². The molecule has 0 saturated heterocycles. The monoisotopic (exact) mass is 447 g/mol. The molecule has 1 atom stereocenters. The number of amides is 1. The van der Waals surface area contributed by atoms with Crippen molar-refractivity contribution < 1.29 is 23.4 Å². The molecule has 0 aliphatic carbocycles. The molecule has 0 radical (unpaired) electrons. The van der Waals surface area contributed by atoms with E-state index in [9.17, 15) is 4.79 Å². The van der Waals surface area contributed by atoms with Crippen molar-refractivity contribution in [1.29, 1.82) is 0 Å². The average molecular weight is 447 g/mol. The fraction of sp³-hybridized carbons (Fsp3) is 0.200. The third kappa shape index (κ3) is 4.55. The summed E-state index contributed by atoms with van der Waals surface area (Å²) >= 11 is 0. The van der Waals surface area contributed by atoms with Crippen LogP contribution in [0.25, 0.3) is 11.0 Å². The van der Waals surface area contributed by atoms with Crippen LogP contribution in [0.4, 0.5) is 11.5 Å². The number of ether oxygens (including phenoxy) is 3. The molecule has 0 saturated carbocycles. The number of furan rings is 1. The highest BCUT2D eigenvalue weighted by atomic mass is 16.5. The maximum absolute atomic E-state index is 13.0. The molecule has 8 nitrogen and oxygen atoms in total. The van der Waals surface area contributed by atoms with Gasteiger partial charge in [-0.2, -0.15) is 0 Å². The minimum absolute atomic E-state index is 0.181. The number of rotatable bonds is 8. The van der Waals surface area contributed by atoms with Gasteiger partial charge in [0.1, 0.15) is 17.1 Å². The molecule has 1 amide bonds. The summed E-state index contributed by atoms with van der Waals surface area (Å²) in [6.07, 6.45) is 1.56. The molecular weight excluding hydrogens is 422 g/mol. The molecule has 0 bridgehead atoms. The highest BCUT2D eigenvalue weighted by molar-refractivity contribution is 5.99. The Labute approximate surface area is 191 Å². The van der Waals surface area contributed by atoms with Crippen molar-refractivity contribution in [1.82, 2.24) is 10.3 Å². The molecule has 33 heavy (non-hydrogen) atoms. The van der Waals surface area contributed by atoms with Crippen molar-refractivity contribution in [2.45, 2.75) is 13.0 Å². The largest absolute Gasteiger partial charge is 0.493 e. The molecule has 4 rings (SSSR count). The first kappa shape index (κ1) is 22.0. The molecule has 0 fully saturated rings. The molecule has 1 unspecified atom stereocenters. The molecule has 0 spiro atoms. The Kier molecular flexibility index (Phi) is 6.35. The number of hydrogen-bond acceptors (Lipinski definition) is 7. The molecular formula is C25H25N3O5. The predicted octanol–water partition coefficient (Wildman–Crippen LogP) is 5.09. The van der Waals surface area contributed by atoms with Crippen LogP contribution in [0.5, 0.6) is 17.2 Å². The molecule has 2 aromatic heterocycles. The fourth-order valence-corrected chi connectivity index (χ4v) is 3.56. The van der Waals surface area contributed by atoms with E-state index >= 15 is 0 Å². The van der Waals surface area contributed by atoms with Crippen molar-refractivity contribution in [3.8, 4) is 17.2 Å². The number of benzene rings is 2. The zero-order valence-corrected chi connectivity index (χ0v) is 18.8. The van der Waals surface area contributed by atoms with E-state index in [4.69, 9.17) is 18.6 Å². The van der Waals surface area contributed by atoms with Crippen molar-refractivity contribution in [3.63, 3.8) is 0 Å². The van der Waals surface area contributed by atoms with E-state index in [1.165, 1.54) is 0 Å². The van der Waals surface area contributed by atoms with Crippen molar-refractivity contribution in [2.24, 2.45) is 0 Å². The lowest BCUT2D eigenvalue weighted by molar-refractivity contribution is 0.0935. The van der Waals surface area contributed by atoms with Crippen molar-refractivity contribution in [3.05, 3.63) is 72.1 Å². The van der Waals surface area contributed by atoms with E-state index in [0.29, 0.717) is 34.3 Å². The highest BCUT2D eigenvalue weighted by Gasteiger charge is 2.18. The zero-order chi connectivity index (χ0) is 23.4. The van der Waals surface area contributed by atoms with Crippen LogP contribution in [0.15, 0.2) is 65.3 Å². The van der Waals surface area contributed by atoms with Crippen LogP contribution in [0.2, 0.25) is 0 Å². The minimum Gasteiger partial charge on any atom is -0.493 e. The normalized spacial score (nSPS) is 11.6. The molecule has 2 N–H and O–H groups in total. The number of carbonyl (C=O) groups excluding carboxylic acids is 1. The van der Waals surface area contributed by atoms with Gasteiger partial charge in [0.2, 0.25) is 5.75 Å². The summed E-state index contributed by atoms with van der Waals surface area (Å²) in [5.74, 6) is 1.63. The quantitative estimate of drug-likeness (QED) is 0.389. The third-order valence-electron chi connectivity index (χ3n) is 5.26. The first-order valence-electron chi connectivity index (χ1n) is 10.3. The summed E-state index contributed by atoms with van der Waals surface area (Å²) in [6, 6.07) is 16.5. The number of fused-ring (bicyclic) bond motifs is 1. The lowest BCUT2D eigenvalue weighted by Gasteiger charge is -2.16.